The van der Waals surface area contributed by atoms with Crippen LogP contribution in [-0.2, 0) is 11.2 Å². The van der Waals surface area contributed by atoms with Crippen LogP contribution in [0.2, 0.25) is 0 Å². The molecule has 0 spiro atoms. The Morgan fingerprint density at radius 3 is 2.28 bits per heavy atom. The van der Waals surface area contributed by atoms with Gasteiger partial charge in [0.1, 0.15) is 5.75 Å². The largest absolute Gasteiger partial charge is 0.508 e. The normalized spacial score (nSPS) is 13.9. The maximum atomic E-state index is 12.6. The van der Waals surface area contributed by atoms with Crippen LogP contribution in [0.25, 0.3) is 0 Å². The molecule has 134 valence electrons. The Balaban J connectivity index is 1.94. The van der Waals surface area contributed by atoms with Gasteiger partial charge in [0.15, 0.2) is 0 Å². The van der Waals surface area contributed by atoms with Crippen molar-refractivity contribution >= 4 is 5.91 Å². The lowest BCUT2D eigenvalue weighted by Crippen LogP contribution is -2.44. The molecule has 2 atom stereocenters. The summed E-state index contributed by atoms with van der Waals surface area (Å²) in [6.07, 6.45) is 0.777. The first kappa shape index (κ1) is 19.0. The van der Waals surface area contributed by atoms with Crippen LogP contribution in [0.4, 0.5) is 0 Å². The number of hydrogen-bond acceptors (Lipinski definition) is 3. The van der Waals surface area contributed by atoms with Gasteiger partial charge in [-0.05, 0) is 56.9 Å². The van der Waals surface area contributed by atoms with E-state index in [4.69, 9.17) is 0 Å². The summed E-state index contributed by atoms with van der Waals surface area (Å²) in [5, 5.41) is 23.0. The average Bonchev–Trinajstić information content (AvgIpc) is 2.60. The van der Waals surface area contributed by atoms with E-state index in [-0.39, 0.29) is 17.7 Å². The Hall–Kier alpha value is -2.33. The third-order valence-corrected chi connectivity index (χ3v) is 4.56. The minimum atomic E-state index is -0.974. The number of aromatic hydroxyl groups is 1. The van der Waals surface area contributed by atoms with Crippen molar-refractivity contribution < 1.29 is 15.0 Å². The lowest BCUT2D eigenvalue weighted by atomic mass is 9.81. The zero-order chi connectivity index (χ0) is 18.4. The van der Waals surface area contributed by atoms with E-state index >= 15 is 0 Å². The van der Waals surface area contributed by atoms with Crippen LogP contribution in [0, 0.1) is 5.41 Å². The number of nitrogens with one attached hydrogen (secondary N) is 1. The molecular formula is C21H27NO3. The van der Waals surface area contributed by atoms with Crippen molar-refractivity contribution in [2.45, 2.75) is 45.8 Å². The summed E-state index contributed by atoms with van der Waals surface area (Å²) in [5.74, 6) is -0.0543. The van der Waals surface area contributed by atoms with Crippen molar-refractivity contribution in [2.24, 2.45) is 5.41 Å². The third-order valence-electron chi connectivity index (χ3n) is 4.56. The molecule has 0 saturated carbocycles. The number of aliphatic hydroxyl groups is 1. The van der Waals surface area contributed by atoms with Crippen LogP contribution in [0.15, 0.2) is 54.6 Å². The van der Waals surface area contributed by atoms with Crippen molar-refractivity contribution in [3.05, 3.63) is 65.7 Å². The second-order valence-electron chi connectivity index (χ2n) is 7.11. The molecule has 3 N–H and O–H groups in total. The van der Waals surface area contributed by atoms with Gasteiger partial charge in [-0.2, -0.15) is 0 Å². The Morgan fingerprint density at radius 2 is 1.68 bits per heavy atom. The minimum Gasteiger partial charge on any atom is -0.508 e. The van der Waals surface area contributed by atoms with Crippen LogP contribution in [0.5, 0.6) is 5.75 Å². The number of benzene rings is 2. The fourth-order valence-corrected chi connectivity index (χ4v) is 2.71. The number of aliphatic hydroxyl groups excluding tert-OH is 1. The van der Waals surface area contributed by atoms with Crippen LogP contribution < -0.4 is 5.32 Å². The number of phenols is 1. The summed E-state index contributed by atoms with van der Waals surface area (Å²) in [4.78, 5) is 12.6. The van der Waals surface area contributed by atoms with Crippen LogP contribution in [0.1, 0.15) is 44.4 Å². The van der Waals surface area contributed by atoms with Gasteiger partial charge in [-0.25, -0.2) is 0 Å². The molecule has 0 heterocycles. The van der Waals surface area contributed by atoms with Crippen molar-refractivity contribution in [3.8, 4) is 5.75 Å². The summed E-state index contributed by atoms with van der Waals surface area (Å²) < 4.78 is 0. The molecule has 0 saturated heterocycles. The Bertz CT molecular complexity index is 680. The number of hydrogen-bond donors (Lipinski definition) is 3. The van der Waals surface area contributed by atoms with E-state index in [0.717, 1.165) is 12.8 Å². The zero-order valence-corrected chi connectivity index (χ0v) is 15.1. The van der Waals surface area contributed by atoms with Crippen molar-refractivity contribution in [1.82, 2.24) is 5.32 Å². The molecule has 2 rings (SSSR count). The van der Waals surface area contributed by atoms with E-state index in [1.54, 1.807) is 26.0 Å². The molecule has 0 radical (unpaired) electrons. The molecular weight excluding hydrogens is 314 g/mol. The molecule has 2 aromatic rings. The lowest BCUT2D eigenvalue weighted by Gasteiger charge is -2.31. The van der Waals surface area contributed by atoms with Gasteiger partial charge in [-0.3, -0.25) is 4.79 Å². The summed E-state index contributed by atoms with van der Waals surface area (Å²) in [6.45, 7) is 5.43. The average molecular weight is 341 g/mol. The maximum absolute atomic E-state index is 12.6. The fourth-order valence-electron chi connectivity index (χ4n) is 2.71. The molecule has 0 aliphatic heterocycles. The van der Waals surface area contributed by atoms with E-state index in [9.17, 15) is 15.0 Å². The highest BCUT2D eigenvalue weighted by atomic mass is 16.3. The maximum Gasteiger partial charge on any atom is 0.228 e. The monoisotopic (exact) mass is 341 g/mol. The van der Waals surface area contributed by atoms with Gasteiger partial charge in [0.2, 0.25) is 5.91 Å². The smallest absolute Gasteiger partial charge is 0.228 e. The van der Waals surface area contributed by atoms with Gasteiger partial charge in [-0.15, -0.1) is 0 Å². The standard InChI is InChI=1S/C21H27NO3/c1-15(9-10-16-7-5-4-6-8-16)22-20(25)21(2,3)19(24)17-11-13-18(23)14-12-17/h4-8,11-15,19,23-24H,9-10H2,1-3H3,(H,22,25)/t15-,19+/m1/s1. The second kappa shape index (κ2) is 8.17. The number of phenolic OH excluding ortho intramolecular Hbond substituents is 1. The molecule has 0 fully saturated rings. The first-order chi connectivity index (χ1) is 11.8. The van der Waals surface area contributed by atoms with Gasteiger partial charge in [0, 0.05) is 6.04 Å². The SMILES string of the molecule is C[C@H](CCc1ccccc1)NC(=O)C(C)(C)[C@@H](O)c1ccc(O)cc1. The molecule has 25 heavy (non-hydrogen) atoms. The van der Waals surface area contributed by atoms with Gasteiger partial charge in [-0.1, -0.05) is 42.5 Å². The highest BCUT2D eigenvalue weighted by Gasteiger charge is 2.37. The summed E-state index contributed by atoms with van der Waals surface area (Å²) in [6, 6.07) is 16.5. The second-order valence-corrected chi connectivity index (χ2v) is 7.11. The summed E-state index contributed by atoms with van der Waals surface area (Å²) >= 11 is 0. The molecule has 0 aromatic heterocycles. The third kappa shape index (κ3) is 5.07. The van der Waals surface area contributed by atoms with Gasteiger partial charge in [0.05, 0.1) is 11.5 Å². The van der Waals surface area contributed by atoms with E-state index < -0.39 is 11.5 Å². The highest BCUT2D eigenvalue weighted by Crippen LogP contribution is 2.34. The first-order valence-corrected chi connectivity index (χ1v) is 8.62. The molecule has 0 aliphatic rings. The molecule has 0 bridgehead atoms. The van der Waals surface area contributed by atoms with Crippen LogP contribution in [0.3, 0.4) is 0 Å². The van der Waals surface area contributed by atoms with E-state index in [1.165, 1.54) is 17.7 Å². The summed E-state index contributed by atoms with van der Waals surface area (Å²) in [5.41, 5.74) is 0.875. The van der Waals surface area contributed by atoms with Gasteiger partial charge >= 0.3 is 0 Å². The Labute approximate surface area is 149 Å². The first-order valence-electron chi connectivity index (χ1n) is 8.62. The molecule has 4 heteroatoms. The van der Waals surface area contributed by atoms with Crippen LogP contribution in [-0.4, -0.2) is 22.2 Å². The van der Waals surface area contributed by atoms with Gasteiger partial charge in [0.25, 0.3) is 0 Å². The fraction of sp³-hybridized carbons (Fsp3) is 0.381. The van der Waals surface area contributed by atoms with Crippen molar-refractivity contribution in [2.75, 3.05) is 0 Å². The Morgan fingerprint density at radius 1 is 1.08 bits per heavy atom. The topological polar surface area (TPSA) is 69.6 Å². The predicted octanol–water partition coefficient (Wildman–Crippen LogP) is 3.59. The molecule has 1 amide bonds. The number of amides is 1. The zero-order valence-electron chi connectivity index (χ0n) is 15.1. The Kier molecular flexibility index (Phi) is 6.21. The van der Waals surface area contributed by atoms with Gasteiger partial charge < -0.3 is 15.5 Å². The number of aryl methyl sites for hydroxylation is 1. The van der Waals surface area contributed by atoms with Crippen molar-refractivity contribution in [1.29, 1.82) is 0 Å². The van der Waals surface area contributed by atoms with Crippen molar-refractivity contribution in [3.63, 3.8) is 0 Å². The van der Waals surface area contributed by atoms with Crippen LogP contribution >= 0.6 is 0 Å². The number of carbonyl (C=O) groups is 1. The summed E-state index contributed by atoms with van der Waals surface area (Å²) in [7, 11) is 0. The molecule has 0 unspecified atom stereocenters. The quantitative estimate of drug-likeness (QED) is 0.721. The molecule has 4 nitrogen and oxygen atoms in total. The predicted molar refractivity (Wildman–Crippen MR) is 99.2 cm³/mol. The minimum absolute atomic E-state index is 0.0130. The molecule has 0 aliphatic carbocycles. The van der Waals surface area contributed by atoms with E-state index in [2.05, 4.69) is 17.4 Å². The lowest BCUT2D eigenvalue weighted by molar-refractivity contribution is -0.136. The van der Waals surface area contributed by atoms with E-state index in [0.29, 0.717) is 5.56 Å². The molecule has 2 aromatic carbocycles. The number of rotatable bonds is 7. The highest BCUT2D eigenvalue weighted by molar-refractivity contribution is 5.83. The van der Waals surface area contributed by atoms with E-state index in [1.807, 2.05) is 25.1 Å². The number of carbonyl (C=O) groups excluding carboxylic acids is 1.